The van der Waals surface area contributed by atoms with Gasteiger partial charge in [-0.15, -0.1) is 0 Å². The van der Waals surface area contributed by atoms with Gasteiger partial charge in [-0.05, 0) is 34.5 Å². The van der Waals surface area contributed by atoms with Crippen molar-refractivity contribution < 1.29 is 13.9 Å². The van der Waals surface area contributed by atoms with E-state index in [0.717, 1.165) is 24.0 Å². The molecule has 6 nitrogen and oxygen atoms in total. The van der Waals surface area contributed by atoms with Crippen LogP contribution in [-0.4, -0.2) is 43.7 Å². The van der Waals surface area contributed by atoms with Crippen LogP contribution < -0.4 is 10.9 Å². The predicted molar refractivity (Wildman–Crippen MR) is 104 cm³/mol. The van der Waals surface area contributed by atoms with Crippen LogP contribution in [0, 0.1) is 0 Å². The molecule has 0 bridgehead atoms. The first-order chi connectivity index (χ1) is 13.2. The molecule has 0 spiro atoms. The van der Waals surface area contributed by atoms with Crippen molar-refractivity contribution in [1.29, 1.82) is 0 Å². The maximum absolute atomic E-state index is 12.7. The second-order valence-electron chi connectivity index (χ2n) is 6.42. The number of nitrogens with zero attached hydrogens (tertiary/aromatic N) is 1. The van der Waals surface area contributed by atoms with Crippen LogP contribution in [0.1, 0.15) is 22.0 Å². The molecule has 1 saturated heterocycles. The lowest BCUT2D eigenvalue weighted by molar-refractivity contribution is 0.0163. The van der Waals surface area contributed by atoms with Crippen LogP contribution in [0.5, 0.6) is 0 Å². The molecule has 2 aromatic heterocycles. The van der Waals surface area contributed by atoms with Crippen LogP contribution in [-0.2, 0) is 4.74 Å². The first-order valence-corrected chi connectivity index (χ1v) is 9.81. The van der Waals surface area contributed by atoms with Crippen molar-refractivity contribution in [2.45, 2.75) is 6.04 Å². The Kier molecular flexibility index (Phi) is 5.33. The number of ether oxygens (including phenoxy) is 1. The van der Waals surface area contributed by atoms with Gasteiger partial charge in [0.25, 0.3) is 5.91 Å². The zero-order chi connectivity index (χ0) is 18.6. The third-order valence-corrected chi connectivity index (χ3v) is 5.46. The average molecular weight is 384 g/mol. The highest BCUT2D eigenvalue weighted by molar-refractivity contribution is 7.07. The fourth-order valence-electron chi connectivity index (χ4n) is 3.32. The summed E-state index contributed by atoms with van der Waals surface area (Å²) in [6.07, 6.45) is 0. The van der Waals surface area contributed by atoms with Crippen LogP contribution in [0.25, 0.3) is 11.0 Å². The van der Waals surface area contributed by atoms with Crippen molar-refractivity contribution in [1.82, 2.24) is 10.2 Å². The summed E-state index contributed by atoms with van der Waals surface area (Å²) in [6.45, 7) is 3.41. The van der Waals surface area contributed by atoms with Gasteiger partial charge >= 0.3 is 5.63 Å². The molecule has 4 rings (SSSR count). The van der Waals surface area contributed by atoms with E-state index in [-0.39, 0.29) is 11.6 Å². The first-order valence-electron chi connectivity index (χ1n) is 8.87. The third kappa shape index (κ3) is 3.95. The lowest BCUT2D eigenvalue weighted by Gasteiger charge is -2.34. The van der Waals surface area contributed by atoms with Gasteiger partial charge in [0.15, 0.2) is 0 Å². The number of para-hydroxylation sites is 1. The molecule has 1 aliphatic heterocycles. The number of benzene rings is 1. The SMILES string of the molecule is O=C(NC[C@H](c1ccsc1)N1CCOCC1)c1cc2ccccc2oc1=O. The van der Waals surface area contributed by atoms with Crippen molar-refractivity contribution >= 4 is 28.2 Å². The molecule has 0 aliphatic carbocycles. The Hall–Kier alpha value is -2.48. The molecular formula is C20H20N2O4S. The van der Waals surface area contributed by atoms with E-state index >= 15 is 0 Å². The van der Waals surface area contributed by atoms with E-state index < -0.39 is 11.5 Å². The van der Waals surface area contributed by atoms with Crippen molar-refractivity contribution in [2.75, 3.05) is 32.8 Å². The molecule has 0 saturated carbocycles. The molecule has 3 heterocycles. The van der Waals surface area contributed by atoms with Gasteiger partial charge in [0, 0.05) is 25.0 Å². The smallest absolute Gasteiger partial charge is 0.349 e. The maximum Gasteiger partial charge on any atom is 0.349 e. The monoisotopic (exact) mass is 384 g/mol. The minimum Gasteiger partial charge on any atom is -0.422 e. The van der Waals surface area contributed by atoms with Crippen LogP contribution in [0.15, 0.2) is 56.4 Å². The summed E-state index contributed by atoms with van der Waals surface area (Å²) >= 11 is 1.63. The second-order valence-corrected chi connectivity index (χ2v) is 7.20. The Morgan fingerprint density at radius 3 is 2.81 bits per heavy atom. The van der Waals surface area contributed by atoms with Crippen LogP contribution in [0.2, 0.25) is 0 Å². The van der Waals surface area contributed by atoms with Gasteiger partial charge in [0.1, 0.15) is 11.1 Å². The van der Waals surface area contributed by atoms with Gasteiger partial charge in [-0.1, -0.05) is 18.2 Å². The fourth-order valence-corrected chi connectivity index (χ4v) is 4.02. The standard InChI is InChI=1S/C20H20N2O4S/c23-19(16-11-14-3-1-2-4-18(14)26-20(16)24)21-12-17(15-5-10-27-13-15)22-6-8-25-9-7-22/h1-5,10-11,13,17H,6-9,12H2,(H,21,23)/t17-/m1/s1. The summed E-state index contributed by atoms with van der Waals surface area (Å²) in [4.78, 5) is 27.2. The molecule has 1 N–H and O–H groups in total. The highest BCUT2D eigenvalue weighted by atomic mass is 32.1. The topological polar surface area (TPSA) is 71.8 Å². The lowest BCUT2D eigenvalue weighted by atomic mass is 10.1. The fraction of sp³-hybridized carbons (Fsp3) is 0.300. The van der Waals surface area contributed by atoms with E-state index in [1.165, 1.54) is 0 Å². The van der Waals surface area contributed by atoms with Crippen LogP contribution in [0.4, 0.5) is 0 Å². The quantitative estimate of drug-likeness (QED) is 0.685. The van der Waals surface area contributed by atoms with Gasteiger partial charge in [0.05, 0.1) is 19.3 Å². The van der Waals surface area contributed by atoms with E-state index in [2.05, 4.69) is 21.7 Å². The number of hydrogen-bond donors (Lipinski definition) is 1. The summed E-state index contributed by atoms with van der Waals surface area (Å²) in [7, 11) is 0. The molecule has 0 radical (unpaired) electrons. The average Bonchev–Trinajstić information content (AvgIpc) is 3.23. The molecule has 1 fully saturated rings. The van der Waals surface area contributed by atoms with E-state index in [1.54, 1.807) is 29.5 Å². The van der Waals surface area contributed by atoms with Crippen molar-refractivity contribution in [2.24, 2.45) is 0 Å². The Labute approximate surface area is 160 Å². The molecule has 1 aliphatic rings. The number of morpholine rings is 1. The summed E-state index contributed by atoms with van der Waals surface area (Å²) < 4.78 is 10.7. The Morgan fingerprint density at radius 2 is 2.04 bits per heavy atom. The molecule has 1 atom stereocenters. The summed E-state index contributed by atoms with van der Waals surface area (Å²) in [5.41, 5.74) is 1.04. The molecule has 1 aromatic carbocycles. The third-order valence-electron chi connectivity index (χ3n) is 4.76. The molecule has 27 heavy (non-hydrogen) atoms. The van der Waals surface area contributed by atoms with Gasteiger partial charge in [0.2, 0.25) is 0 Å². The zero-order valence-corrected chi connectivity index (χ0v) is 15.5. The molecule has 3 aromatic rings. The Morgan fingerprint density at radius 1 is 1.22 bits per heavy atom. The van der Waals surface area contributed by atoms with Crippen LogP contribution >= 0.6 is 11.3 Å². The number of carbonyl (C=O) groups excluding carboxylic acids is 1. The highest BCUT2D eigenvalue weighted by Gasteiger charge is 2.24. The van der Waals surface area contributed by atoms with Crippen molar-refractivity contribution in [3.8, 4) is 0 Å². The number of amides is 1. The Bertz CT molecular complexity index is 977. The molecular weight excluding hydrogens is 364 g/mol. The normalized spacial score (nSPS) is 16.3. The first kappa shape index (κ1) is 17.9. The van der Waals surface area contributed by atoms with E-state index in [9.17, 15) is 9.59 Å². The summed E-state index contributed by atoms with van der Waals surface area (Å²) in [6, 6.07) is 10.9. The predicted octanol–water partition coefficient (Wildman–Crippen LogP) is 2.66. The van der Waals surface area contributed by atoms with E-state index in [1.807, 2.05) is 17.5 Å². The van der Waals surface area contributed by atoms with E-state index in [4.69, 9.17) is 9.15 Å². The molecule has 140 valence electrons. The largest absolute Gasteiger partial charge is 0.422 e. The van der Waals surface area contributed by atoms with Gasteiger partial charge in [-0.25, -0.2) is 4.79 Å². The van der Waals surface area contributed by atoms with Gasteiger partial charge < -0.3 is 14.5 Å². The number of thiophene rings is 1. The maximum atomic E-state index is 12.7. The highest BCUT2D eigenvalue weighted by Crippen LogP contribution is 2.23. The number of nitrogens with one attached hydrogen (secondary N) is 1. The molecule has 1 amide bonds. The summed E-state index contributed by atoms with van der Waals surface area (Å²) in [5.74, 6) is -0.414. The molecule has 7 heteroatoms. The van der Waals surface area contributed by atoms with E-state index in [0.29, 0.717) is 25.3 Å². The second kappa shape index (κ2) is 8.04. The molecule has 0 unspecified atom stereocenters. The lowest BCUT2D eigenvalue weighted by Crippen LogP contribution is -2.44. The minimum atomic E-state index is -0.621. The number of carbonyl (C=O) groups is 1. The minimum absolute atomic E-state index is 0.0275. The number of fused-ring (bicyclic) bond motifs is 1. The van der Waals surface area contributed by atoms with Crippen molar-refractivity contribution in [3.05, 3.63) is 68.7 Å². The van der Waals surface area contributed by atoms with Crippen LogP contribution in [0.3, 0.4) is 0 Å². The summed E-state index contributed by atoms with van der Waals surface area (Å²) in [5, 5.41) is 7.76. The zero-order valence-electron chi connectivity index (χ0n) is 14.7. The number of hydrogen-bond acceptors (Lipinski definition) is 6. The number of rotatable bonds is 5. The Balaban J connectivity index is 1.53. The van der Waals surface area contributed by atoms with Gasteiger partial charge in [-0.2, -0.15) is 11.3 Å². The van der Waals surface area contributed by atoms with Gasteiger partial charge in [-0.3, -0.25) is 9.69 Å². The van der Waals surface area contributed by atoms with Crippen molar-refractivity contribution in [3.63, 3.8) is 0 Å².